The van der Waals surface area contributed by atoms with Gasteiger partial charge in [-0.3, -0.25) is 9.69 Å². The van der Waals surface area contributed by atoms with Gasteiger partial charge in [-0.2, -0.15) is 5.10 Å². The largest absolute Gasteiger partial charge is 0.461 e. The van der Waals surface area contributed by atoms with Crippen molar-refractivity contribution < 1.29 is 14.3 Å². The number of rotatable bonds is 5. The number of thioether (sulfide) groups is 2. The minimum Gasteiger partial charge on any atom is -0.461 e. The van der Waals surface area contributed by atoms with E-state index in [0.717, 1.165) is 16.8 Å². The van der Waals surface area contributed by atoms with Crippen molar-refractivity contribution in [2.24, 2.45) is 5.10 Å². The molecule has 1 saturated heterocycles. The molecule has 0 bridgehead atoms. The summed E-state index contributed by atoms with van der Waals surface area (Å²) < 4.78 is 4.20. The number of anilines is 2. The molecule has 2 aliphatic rings. The number of esters is 1. The van der Waals surface area contributed by atoms with E-state index in [1.54, 1.807) is 16.8 Å². The van der Waals surface area contributed by atoms with Crippen LogP contribution in [-0.2, 0) is 14.3 Å². The van der Waals surface area contributed by atoms with Gasteiger partial charge in [-0.25, -0.2) is 9.80 Å². The van der Waals surface area contributed by atoms with Crippen molar-refractivity contribution in [2.75, 3.05) is 16.5 Å². The zero-order chi connectivity index (χ0) is 24.4. The lowest BCUT2D eigenvalue weighted by atomic mass is 10.1. The Kier molecular flexibility index (Phi) is 6.40. The Morgan fingerprint density at radius 2 is 1.57 bits per heavy atom. The van der Waals surface area contributed by atoms with E-state index >= 15 is 0 Å². The van der Waals surface area contributed by atoms with Gasteiger partial charge in [0.2, 0.25) is 9.37 Å². The Bertz CT molecular complexity index is 1310. The summed E-state index contributed by atoms with van der Waals surface area (Å²) in [5.41, 5.74) is 3.55. The molecule has 0 aromatic heterocycles. The first-order chi connectivity index (χ1) is 17.0. The number of hydrogen-bond acceptors (Lipinski definition) is 7. The molecule has 35 heavy (non-hydrogen) atoms. The van der Waals surface area contributed by atoms with E-state index in [1.165, 1.54) is 23.5 Å². The molecule has 6 nitrogen and oxygen atoms in total. The number of hydrazone groups is 1. The van der Waals surface area contributed by atoms with Gasteiger partial charge < -0.3 is 4.74 Å². The van der Waals surface area contributed by atoms with Gasteiger partial charge in [0.25, 0.3) is 5.91 Å². The summed E-state index contributed by atoms with van der Waals surface area (Å²) in [5.74, 6) is -0.664. The van der Waals surface area contributed by atoms with E-state index in [2.05, 4.69) is 5.10 Å². The molecule has 1 fully saturated rings. The van der Waals surface area contributed by atoms with Gasteiger partial charge >= 0.3 is 5.97 Å². The summed E-state index contributed by atoms with van der Waals surface area (Å²) >= 11 is 2.60. The smallest absolute Gasteiger partial charge is 0.365 e. The Hall–Kier alpha value is -3.49. The summed E-state index contributed by atoms with van der Waals surface area (Å²) in [4.78, 5) is 29.0. The highest BCUT2D eigenvalue weighted by Gasteiger charge is 2.60. The topological polar surface area (TPSA) is 62.2 Å². The van der Waals surface area contributed by atoms with Crippen LogP contribution in [-0.4, -0.2) is 27.9 Å². The van der Waals surface area contributed by atoms with E-state index in [-0.39, 0.29) is 17.6 Å². The maximum Gasteiger partial charge on any atom is 0.365 e. The first-order valence-electron chi connectivity index (χ1n) is 11.2. The van der Waals surface area contributed by atoms with Crippen LogP contribution >= 0.6 is 23.5 Å². The van der Waals surface area contributed by atoms with E-state index < -0.39 is 10.3 Å². The molecule has 0 N–H and O–H groups in total. The third-order valence-corrected chi connectivity index (χ3v) is 8.16. The number of nitrogens with zero attached hydrogens (tertiary/aromatic N) is 3. The molecule has 1 amide bonds. The molecule has 5 rings (SSSR count). The number of aryl methyl sites for hydroxylation is 1. The van der Waals surface area contributed by atoms with E-state index in [4.69, 9.17) is 4.74 Å². The molecule has 176 valence electrons. The quantitative estimate of drug-likeness (QED) is 0.323. The predicted molar refractivity (Wildman–Crippen MR) is 144 cm³/mol. The molecule has 8 heteroatoms. The number of carbonyl (C=O) groups excluding carboxylic acids is 2. The van der Waals surface area contributed by atoms with Crippen molar-refractivity contribution in [1.29, 1.82) is 0 Å². The van der Waals surface area contributed by atoms with Crippen molar-refractivity contribution in [2.45, 2.75) is 18.2 Å². The summed E-state index contributed by atoms with van der Waals surface area (Å²) in [5, 5.41) is 6.62. The van der Waals surface area contributed by atoms with Crippen molar-refractivity contribution >= 4 is 57.9 Å². The van der Waals surface area contributed by atoms with Crippen LogP contribution in [0.4, 0.5) is 11.4 Å². The molecule has 1 spiro atoms. The second kappa shape index (κ2) is 9.64. The lowest BCUT2D eigenvalue weighted by molar-refractivity contribution is -0.134. The lowest BCUT2D eigenvalue weighted by Crippen LogP contribution is -2.51. The fraction of sp³-hybridized carbons (Fsp3) is 0.148. The average Bonchev–Trinajstić information content (AvgIpc) is 3.39. The standard InChI is InChI=1S/C27H23N3O3S2/c1-3-33-26(32)24-28-30(22-12-8-5-9-13-22)27(35-24)29(21-10-6-4-7-11-21)25(31)23(34-27)18-20-16-14-19(2)15-17-20/h4-18H,3H2,1-2H3. The number of carbonyl (C=O) groups is 2. The monoisotopic (exact) mass is 501 g/mol. The minimum absolute atomic E-state index is 0.157. The van der Waals surface area contributed by atoms with Crippen molar-refractivity contribution in [3.8, 4) is 0 Å². The third-order valence-electron chi connectivity index (χ3n) is 5.47. The van der Waals surface area contributed by atoms with Crippen molar-refractivity contribution in [3.63, 3.8) is 0 Å². The average molecular weight is 502 g/mol. The highest BCUT2D eigenvalue weighted by molar-refractivity contribution is 8.29. The molecule has 3 aromatic carbocycles. The fourth-order valence-corrected chi connectivity index (χ4v) is 6.72. The molecule has 0 saturated carbocycles. The van der Waals surface area contributed by atoms with Crippen molar-refractivity contribution in [1.82, 2.24) is 0 Å². The van der Waals surface area contributed by atoms with Crippen LogP contribution in [0, 0.1) is 6.92 Å². The molecule has 1 atom stereocenters. The zero-order valence-corrected chi connectivity index (χ0v) is 20.9. The van der Waals surface area contributed by atoms with Gasteiger partial charge in [0.05, 0.1) is 17.2 Å². The number of hydrogen-bond donors (Lipinski definition) is 0. The number of amides is 1. The van der Waals surface area contributed by atoms with Gasteiger partial charge in [-0.15, -0.1) is 0 Å². The number of benzene rings is 3. The maximum atomic E-state index is 13.9. The molecular formula is C27H23N3O3S2. The molecule has 2 aliphatic heterocycles. The Labute approximate surface area is 212 Å². The normalized spacial score (nSPS) is 20.6. The molecule has 3 aromatic rings. The van der Waals surface area contributed by atoms with Gasteiger partial charge in [-0.1, -0.05) is 78.0 Å². The van der Waals surface area contributed by atoms with Crippen LogP contribution in [0.3, 0.4) is 0 Å². The van der Waals surface area contributed by atoms with Crippen LogP contribution < -0.4 is 9.91 Å². The van der Waals surface area contributed by atoms with Crippen molar-refractivity contribution in [3.05, 3.63) is 101 Å². The minimum atomic E-state index is -1.07. The zero-order valence-electron chi connectivity index (χ0n) is 19.3. The summed E-state index contributed by atoms with van der Waals surface area (Å²) in [6, 6.07) is 27.0. The van der Waals surface area contributed by atoms with Gasteiger partial charge in [0, 0.05) is 5.69 Å². The maximum absolute atomic E-state index is 13.9. The van der Waals surface area contributed by atoms with E-state index in [0.29, 0.717) is 10.6 Å². The second-order valence-corrected chi connectivity index (χ2v) is 10.6. The van der Waals surface area contributed by atoms with Gasteiger partial charge in [0.15, 0.2) is 0 Å². The van der Waals surface area contributed by atoms with Crippen LogP contribution in [0.25, 0.3) is 6.08 Å². The molecule has 1 unspecified atom stereocenters. The molecule has 0 aliphatic carbocycles. The lowest BCUT2D eigenvalue weighted by Gasteiger charge is -2.38. The first kappa shape index (κ1) is 23.3. The fourth-order valence-electron chi connectivity index (χ4n) is 3.85. The number of para-hydroxylation sites is 2. The Morgan fingerprint density at radius 3 is 2.20 bits per heavy atom. The third kappa shape index (κ3) is 4.35. The van der Waals surface area contributed by atoms with Gasteiger partial charge in [-0.05, 0) is 61.5 Å². The van der Waals surface area contributed by atoms with Gasteiger partial charge in [0.1, 0.15) is 0 Å². The summed E-state index contributed by atoms with van der Waals surface area (Å²) in [6.45, 7) is 4.03. The highest BCUT2D eigenvalue weighted by Crippen LogP contribution is 2.59. The molecule has 0 radical (unpaired) electrons. The van der Waals surface area contributed by atoms with Crippen LogP contribution in [0.5, 0.6) is 0 Å². The SMILES string of the molecule is CCOC(=O)C1=NN(c2ccccc2)C2(SC(=Cc3ccc(C)cc3)C(=O)N2c2ccccc2)S1. The molecular weight excluding hydrogens is 478 g/mol. The second-order valence-electron chi connectivity index (χ2n) is 7.92. The summed E-state index contributed by atoms with van der Waals surface area (Å²) in [6.07, 6.45) is 1.89. The van der Waals surface area contributed by atoms with Crippen LogP contribution in [0.2, 0.25) is 0 Å². The highest BCUT2D eigenvalue weighted by atomic mass is 32.2. The first-order valence-corrected chi connectivity index (χ1v) is 12.8. The Morgan fingerprint density at radius 1 is 0.943 bits per heavy atom. The van der Waals surface area contributed by atoms with Crippen LogP contribution in [0.15, 0.2) is 94.9 Å². The Balaban J connectivity index is 1.66. The van der Waals surface area contributed by atoms with E-state index in [9.17, 15) is 9.59 Å². The van der Waals surface area contributed by atoms with Crippen LogP contribution in [0.1, 0.15) is 18.1 Å². The summed E-state index contributed by atoms with van der Waals surface area (Å²) in [7, 11) is 0. The number of ether oxygens (including phenoxy) is 1. The van der Waals surface area contributed by atoms with E-state index in [1.807, 2.05) is 97.9 Å². The molecule has 2 heterocycles. The predicted octanol–water partition coefficient (Wildman–Crippen LogP) is 5.86.